The minimum atomic E-state index is 1.06. The number of hydrogen-bond acceptors (Lipinski definition) is 2. The molecule has 3 heteroatoms. The molecule has 0 aliphatic heterocycles. The Kier molecular flexibility index (Phi) is 5.35. The molecule has 0 atom stereocenters. The van der Waals surface area contributed by atoms with E-state index in [9.17, 15) is 0 Å². The molecule has 0 aliphatic rings. The predicted octanol–water partition coefficient (Wildman–Crippen LogP) is 3.22. The molecule has 0 aromatic carbocycles. The molecule has 0 saturated carbocycles. The number of rotatable bonds is 5. The summed E-state index contributed by atoms with van der Waals surface area (Å²) in [5, 5.41) is 3.11. The molecule has 0 amide bonds. The second-order valence-electron chi connectivity index (χ2n) is 2.77. The van der Waals surface area contributed by atoms with E-state index >= 15 is 0 Å². The second-order valence-corrected chi connectivity index (χ2v) is 5.32. The van der Waals surface area contributed by atoms with Crippen molar-refractivity contribution in [2.24, 2.45) is 0 Å². The van der Waals surface area contributed by atoms with Crippen molar-refractivity contribution >= 4 is 27.3 Å². The lowest BCUT2D eigenvalue weighted by Gasteiger charge is -1.91. The van der Waals surface area contributed by atoms with Crippen LogP contribution in [0.2, 0.25) is 0 Å². The fourth-order valence-electron chi connectivity index (χ4n) is 1.01. The van der Waals surface area contributed by atoms with Crippen LogP contribution in [0.15, 0.2) is 28.1 Å². The highest BCUT2D eigenvalue weighted by molar-refractivity contribution is 9.11. The van der Waals surface area contributed by atoms with E-state index in [1.54, 1.807) is 11.3 Å². The van der Waals surface area contributed by atoms with Gasteiger partial charge in [0.1, 0.15) is 0 Å². The van der Waals surface area contributed by atoms with E-state index < -0.39 is 0 Å². The first kappa shape index (κ1) is 11.0. The Labute approximate surface area is 92.0 Å². The minimum absolute atomic E-state index is 1.06. The van der Waals surface area contributed by atoms with Gasteiger partial charge in [0.25, 0.3) is 0 Å². The van der Waals surface area contributed by atoms with Crippen molar-refractivity contribution in [2.75, 3.05) is 13.6 Å². The summed E-state index contributed by atoms with van der Waals surface area (Å²) in [6, 6.07) is 4.26. The quantitative estimate of drug-likeness (QED) is 0.633. The van der Waals surface area contributed by atoms with E-state index in [1.165, 1.54) is 8.66 Å². The molecule has 1 N–H and O–H groups in total. The smallest absolute Gasteiger partial charge is 0.0701 e. The first-order valence-electron chi connectivity index (χ1n) is 4.36. The first-order valence-corrected chi connectivity index (χ1v) is 5.97. The summed E-state index contributed by atoms with van der Waals surface area (Å²) in [6.07, 6.45) is 6.63. The van der Waals surface area contributed by atoms with Crippen molar-refractivity contribution < 1.29 is 0 Å². The van der Waals surface area contributed by atoms with Crippen molar-refractivity contribution in [1.82, 2.24) is 5.32 Å². The number of nitrogens with one attached hydrogen (secondary N) is 1. The van der Waals surface area contributed by atoms with Gasteiger partial charge in [0.05, 0.1) is 3.79 Å². The fourth-order valence-corrected chi connectivity index (χ4v) is 2.46. The van der Waals surface area contributed by atoms with Gasteiger partial charge in [-0.2, -0.15) is 0 Å². The van der Waals surface area contributed by atoms with E-state index in [2.05, 4.69) is 45.5 Å². The monoisotopic (exact) mass is 259 g/mol. The molecule has 0 radical (unpaired) electrons. The van der Waals surface area contributed by atoms with Crippen LogP contribution in [-0.2, 0) is 6.42 Å². The fraction of sp³-hybridized carbons (Fsp3) is 0.400. The topological polar surface area (TPSA) is 12.0 Å². The van der Waals surface area contributed by atoms with Gasteiger partial charge < -0.3 is 5.32 Å². The van der Waals surface area contributed by atoms with Crippen molar-refractivity contribution in [3.63, 3.8) is 0 Å². The van der Waals surface area contributed by atoms with E-state index in [0.29, 0.717) is 0 Å². The standard InChI is InChI=1S/C10H14BrNS/c1-12-8-4-2-3-5-9-6-7-10(11)13-9/h2-3,6-7,12H,4-5,8H2,1H3. The third-order valence-electron chi connectivity index (χ3n) is 1.68. The SMILES string of the molecule is CNCCC=CCc1ccc(Br)s1. The van der Waals surface area contributed by atoms with Gasteiger partial charge in [0.15, 0.2) is 0 Å². The molecule has 13 heavy (non-hydrogen) atoms. The van der Waals surface area contributed by atoms with Gasteiger partial charge in [0, 0.05) is 4.88 Å². The Morgan fingerprint density at radius 1 is 1.46 bits per heavy atom. The predicted molar refractivity (Wildman–Crippen MR) is 63.4 cm³/mol. The maximum atomic E-state index is 3.45. The van der Waals surface area contributed by atoms with E-state index in [1.807, 2.05) is 7.05 Å². The Morgan fingerprint density at radius 2 is 2.31 bits per heavy atom. The molecule has 0 saturated heterocycles. The van der Waals surface area contributed by atoms with Crippen molar-refractivity contribution in [3.05, 3.63) is 32.9 Å². The molecule has 0 aliphatic carbocycles. The minimum Gasteiger partial charge on any atom is -0.319 e. The highest BCUT2D eigenvalue weighted by Gasteiger charge is 1.93. The van der Waals surface area contributed by atoms with Crippen LogP contribution >= 0.6 is 27.3 Å². The molecule has 0 fully saturated rings. The molecule has 0 bridgehead atoms. The lowest BCUT2D eigenvalue weighted by Crippen LogP contribution is -2.05. The Balaban J connectivity index is 2.22. The molecular formula is C10H14BrNS. The zero-order valence-corrected chi connectivity index (χ0v) is 10.1. The third-order valence-corrected chi connectivity index (χ3v) is 3.32. The van der Waals surface area contributed by atoms with Crippen molar-refractivity contribution in [2.45, 2.75) is 12.8 Å². The maximum Gasteiger partial charge on any atom is 0.0701 e. The van der Waals surface area contributed by atoms with Gasteiger partial charge in [-0.05, 0) is 54.5 Å². The summed E-state index contributed by atoms with van der Waals surface area (Å²) in [5.41, 5.74) is 0. The maximum absolute atomic E-state index is 3.45. The molecule has 1 aromatic rings. The van der Waals surface area contributed by atoms with Gasteiger partial charge in [0.2, 0.25) is 0 Å². The molecule has 1 rings (SSSR count). The largest absolute Gasteiger partial charge is 0.319 e. The molecule has 1 heterocycles. The zero-order chi connectivity index (χ0) is 9.52. The zero-order valence-electron chi connectivity index (χ0n) is 7.72. The van der Waals surface area contributed by atoms with E-state index in [4.69, 9.17) is 0 Å². The van der Waals surface area contributed by atoms with Crippen molar-refractivity contribution in [1.29, 1.82) is 0 Å². The number of thiophene rings is 1. The van der Waals surface area contributed by atoms with Crippen LogP contribution in [0.25, 0.3) is 0 Å². The average molecular weight is 260 g/mol. The third kappa shape index (κ3) is 4.60. The lowest BCUT2D eigenvalue weighted by atomic mass is 10.3. The van der Waals surface area contributed by atoms with Gasteiger partial charge in [-0.25, -0.2) is 0 Å². The molecule has 0 unspecified atom stereocenters. The Morgan fingerprint density at radius 3 is 2.92 bits per heavy atom. The van der Waals surface area contributed by atoms with Crippen LogP contribution in [0.4, 0.5) is 0 Å². The summed E-state index contributed by atoms with van der Waals surface area (Å²) in [7, 11) is 1.98. The normalized spacial score (nSPS) is 11.2. The van der Waals surface area contributed by atoms with E-state index in [-0.39, 0.29) is 0 Å². The van der Waals surface area contributed by atoms with Gasteiger partial charge in [-0.15, -0.1) is 11.3 Å². The average Bonchev–Trinajstić information content (AvgIpc) is 2.51. The van der Waals surface area contributed by atoms with Crippen LogP contribution < -0.4 is 5.32 Å². The molecule has 1 aromatic heterocycles. The van der Waals surface area contributed by atoms with Gasteiger partial charge in [-0.3, -0.25) is 0 Å². The van der Waals surface area contributed by atoms with Gasteiger partial charge in [-0.1, -0.05) is 12.2 Å². The van der Waals surface area contributed by atoms with Crippen LogP contribution in [0, 0.1) is 0 Å². The second kappa shape index (κ2) is 6.35. The number of halogens is 1. The highest BCUT2D eigenvalue weighted by Crippen LogP contribution is 2.22. The molecule has 0 spiro atoms. The molecular weight excluding hydrogens is 246 g/mol. The Hall–Kier alpha value is -0.120. The van der Waals surface area contributed by atoms with E-state index in [0.717, 1.165) is 19.4 Å². The van der Waals surface area contributed by atoms with Crippen LogP contribution in [0.5, 0.6) is 0 Å². The number of hydrogen-bond donors (Lipinski definition) is 1. The molecule has 72 valence electrons. The summed E-state index contributed by atoms with van der Waals surface area (Å²) in [6.45, 7) is 1.06. The number of allylic oxidation sites excluding steroid dienone is 1. The first-order chi connectivity index (χ1) is 6.33. The summed E-state index contributed by atoms with van der Waals surface area (Å²) in [5.74, 6) is 0. The summed E-state index contributed by atoms with van der Waals surface area (Å²) in [4.78, 5) is 1.41. The summed E-state index contributed by atoms with van der Waals surface area (Å²) < 4.78 is 1.21. The van der Waals surface area contributed by atoms with Gasteiger partial charge >= 0.3 is 0 Å². The summed E-state index contributed by atoms with van der Waals surface area (Å²) >= 11 is 5.25. The lowest BCUT2D eigenvalue weighted by molar-refractivity contribution is 0.806. The van der Waals surface area contributed by atoms with Crippen LogP contribution in [-0.4, -0.2) is 13.6 Å². The van der Waals surface area contributed by atoms with Crippen LogP contribution in [0.1, 0.15) is 11.3 Å². The van der Waals surface area contributed by atoms with Crippen molar-refractivity contribution in [3.8, 4) is 0 Å². The molecule has 1 nitrogen and oxygen atoms in total. The van der Waals surface area contributed by atoms with Crippen LogP contribution in [0.3, 0.4) is 0 Å². The highest BCUT2D eigenvalue weighted by atomic mass is 79.9. The Bertz CT molecular complexity index is 268.